The summed E-state index contributed by atoms with van der Waals surface area (Å²) in [4.78, 5) is 22.3. The Morgan fingerprint density at radius 3 is 2.38 bits per heavy atom. The Morgan fingerprint density at radius 1 is 0.949 bits per heavy atom. The number of phenolic OH excluding ortho intramolecular Hbond substituents is 3. The lowest BCUT2D eigenvalue weighted by atomic mass is 9.99. The summed E-state index contributed by atoms with van der Waals surface area (Å²) in [6, 6.07) is 7.74. The van der Waals surface area contributed by atoms with Gasteiger partial charge in [0.15, 0.2) is 11.5 Å². The van der Waals surface area contributed by atoms with Gasteiger partial charge in [0.2, 0.25) is 12.0 Å². The van der Waals surface area contributed by atoms with Crippen LogP contribution < -0.4 is 9.47 Å². The highest BCUT2D eigenvalue weighted by Crippen LogP contribution is 2.42. The molecule has 1 aromatic heterocycles. The van der Waals surface area contributed by atoms with Crippen molar-refractivity contribution in [2.24, 2.45) is 0 Å². The number of carbonyl (C=O) groups excluding carboxylic acids is 1. The van der Waals surface area contributed by atoms with Crippen LogP contribution in [0.4, 0.5) is 0 Å². The lowest BCUT2D eigenvalue weighted by Crippen LogP contribution is -2.60. The molecular formula is C25H25O14+. The number of carboxylic acids is 1. The number of esters is 1. The number of fused-ring (bicyclic) bond motifs is 1. The number of rotatable bonds is 8. The fourth-order valence-electron chi connectivity index (χ4n) is 3.92. The maximum atomic E-state index is 11.6. The van der Waals surface area contributed by atoms with Crippen molar-refractivity contribution in [1.82, 2.24) is 0 Å². The Labute approximate surface area is 219 Å². The van der Waals surface area contributed by atoms with Crippen LogP contribution in [-0.4, -0.2) is 92.1 Å². The summed E-state index contributed by atoms with van der Waals surface area (Å²) in [7, 11) is 1.33. The van der Waals surface area contributed by atoms with Crippen LogP contribution >= 0.6 is 0 Å². The average molecular weight is 549 g/mol. The molecule has 0 radical (unpaired) electrons. The summed E-state index contributed by atoms with van der Waals surface area (Å²) in [5, 5.41) is 70.2. The molecule has 208 valence electrons. The van der Waals surface area contributed by atoms with Gasteiger partial charge in [-0.2, -0.15) is 0 Å². The molecule has 1 saturated heterocycles. The zero-order valence-corrected chi connectivity index (χ0v) is 20.3. The molecule has 0 aliphatic carbocycles. The number of methoxy groups -OCH3 is 1. The standard InChI is InChI=1S/C25H24O14/c1-35-16-4-10(2-3-13(16)27)24-17(7-12-14(28)5-11(26)6-15(12)37-24)38-25-23(34)22(33)21(32)18(39-25)9-36-20(31)8-19(29)30/h2-7,18,21-23,25,32-34H,8-9H2,1H3,(H3-,26,27,28,29,30)/p+1/t18-,21-,22+,23-,25-/m1/s1. The number of ether oxygens (including phenoxy) is 4. The first-order valence-electron chi connectivity index (χ1n) is 11.4. The molecular weight excluding hydrogens is 524 g/mol. The van der Waals surface area contributed by atoms with Gasteiger partial charge in [-0.15, -0.1) is 0 Å². The van der Waals surface area contributed by atoms with Gasteiger partial charge in [0.1, 0.15) is 54.3 Å². The number of carbonyl (C=O) groups is 2. The summed E-state index contributed by atoms with van der Waals surface area (Å²) in [6.45, 7) is -0.666. The SMILES string of the molecule is COc1cc(-c2[o+]c3cc(O)cc(O)c3cc2O[C@@H]2O[C@H](COC(=O)CC(=O)O)[C@@H](O)[C@H](O)[C@H]2O)ccc1O. The maximum Gasteiger partial charge on any atom is 0.402 e. The number of phenols is 3. The average Bonchev–Trinajstić information content (AvgIpc) is 2.88. The molecule has 7 N–H and O–H groups in total. The van der Waals surface area contributed by atoms with Crippen LogP contribution in [0.3, 0.4) is 0 Å². The summed E-state index contributed by atoms with van der Waals surface area (Å²) >= 11 is 0. The number of aliphatic hydroxyl groups excluding tert-OH is 3. The summed E-state index contributed by atoms with van der Waals surface area (Å²) < 4.78 is 27.2. The third-order valence-corrected chi connectivity index (χ3v) is 5.87. The Hall–Kier alpha value is -4.37. The molecule has 14 heteroatoms. The van der Waals surface area contributed by atoms with E-state index in [0.29, 0.717) is 0 Å². The van der Waals surface area contributed by atoms with E-state index in [9.17, 15) is 40.2 Å². The van der Waals surface area contributed by atoms with Crippen molar-refractivity contribution < 1.29 is 68.7 Å². The van der Waals surface area contributed by atoms with Crippen molar-refractivity contribution in [3.05, 3.63) is 36.4 Å². The van der Waals surface area contributed by atoms with E-state index in [4.69, 9.17) is 28.5 Å². The number of hydrogen-bond acceptors (Lipinski definition) is 12. The fourth-order valence-corrected chi connectivity index (χ4v) is 3.92. The third kappa shape index (κ3) is 5.88. The normalized spacial score (nSPS) is 22.8. The van der Waals surface area contributed by atoms with E-state index in [-0.39, 0.29) is 51.0 Å². The number of carboxylic acid groups (broad SMARTS) is 1. The first-order valence-corrected chi connectivity index (χ1v) is 11.4. The van der Waals surface area contributed by atoms with Crippen LogP contribution in [0, 0.1) is 0 Å². The number of hydrogen-bond donors (Lipinski definition) is 7. The molecule has 0 saturated carbocycles. The fraction of sp³-hybridized carbons (Fsp3) is 0.320. The molecule has 0 bridgehead atoms. The molecule has 0 spiro atoms. The third-order valence-electron chi connectivity index (χ3n) is 5.87. The van der Waals surface area contributed by atoms with Gasteiger partial charge in [-0.05, 0) is 12.1 Å². The topological polar surface area (TPSA) is 224 Å². The van der Waals surface area contributed by atoms with Gasteiger partial charge in [0, 0.05) is 18.2 Å². The lowest BCUT2D eigenvalue weighted by molar-refractivity contribution is -0.278. The second-order valence-corrected chi connectivity index (χ2v) is 8.59. The molecule has 39 heavy (non-hydrogen) atoms. The van der Waals surface area contributed by atoms with E-state index in [1.807, 2.05) is 0 Å². The van der Waals surface area contributed by atoms with Crippen molar-refractivity contribution in [2.45, 2.75) is 37.1 Å². The van der Waals surface area contributed by atoms with Gasteiger partial charge in [0.25, 0.3) is 0 Å². The molecule has 4 rings (SSSR count). The molecule has 0 unspecified atom stereocenters. The van der Waals surface area contributed by atoms with E-state index in [2.05, 4.69) is 0 Å². The van der Waals surface area contributed by atoms with Crippen molar-refractivity contribution in [3.63, 3.8) is 0 Å². The van der Waals surface area contributed by atoms with Crippen LogP contribution in [0.15, 0.2) is 40.8 Å². The van der Waals surface area contributed by atoms with Gasteiger partial charge < -0.3 is 54.7 Å². The zero-order chi connectivity index (χ0) is 28.4. The van der Waals surface area contributed by atoms with Crippen molar-refractivity contribution in [1.29, 1.82) is 0 Å². The summed E-state index contributed by atoms with van der Waals surface area (Å²) in [6.07, 6.45) is -9.43. The van der Waals surface area contributed by atoms with E-state index >= 15 is 0 Å². The highest BCUT2D eigenvalue weighted by atomic mass is 16.7. The molecule has 2 heterocycles. The van der Waals surface area contributed by atoms with E-state index in [1.54, 1.807) is 0 Å². The predicted octanol–water partition coefficient (Wildman–Crippen LogP) is 0.711. The van der Waals surface area contributed by atoms with Crippen LogP contribution in [0.1, 0.15) is 6.42 Å². The minimum Gasteiger partial charge on any atom is -0.507 e. The largest absolute Gasteiger partial charge is 0.507 e. The monoisotopic (exact) mass is 549 g/mol. The summed E-state index contributed by atoms with van der Waals surface area (Å²) in [5.41, 5.74) is 0.320. The van der Waals surface area contributed by atoms with Crippen LogP contribution in [0.5, 0.6) is 28.7 Å². The first kappa shape index (κ1) is 27.7. The van der Waals surface area contributed by atoms with E-state index < -0.39 is 55.7 Å². The lowest BCUT2D eigenvalue weighted by Gasteiger charge is -2.39. The van der Waals surface area contributed by atoms with Gasteiger partial charge >= 0.3 is 23.3 Å². The highest BCUT2D eigenvalue weighted by Gasteiger charge is 2.46. The second-order valence-electron chi connectivity index (χ2n) is 8.59. The van der Waals surface area contributed by atoms with E-state index in [1.165, 1.54) is 37.4 Å². The molecule has 1 aliphatic rings. The Bertz CT molecular complexity index is 1390. The molecule has 0 amide bonds. The van der Waals surface area contributed by atoms with Crippen LogP contribution in [-0.2, 0) is 19.1 Å². The van der Waals surface area contributed by atoms with Gasteiger partial charge in [-0.25, -0.2) is 4.42 Å². The van der Waals surface area contributed by atoms with Crippen molar-refractivity contribution >= 4 is 22.9 Å². The quantitative estimate of drug-likeness (QED) is 0.117. The van der Waals surface area contributed by atoms with Crippen LogP contribution in [0.2, 0.25) is 0 Å². The van der Waals surface area contributed by atoms with Gasteiger partial charge in [-0.3, -0.25) is 9.59 Å². The first-order chi connectivity index (χ1) is 18.5. The Morgan fingerprint density at radius 2 is 1.69 bits per heavy atom. The zero-order valence-electron chi connectivity index (χ0n) is 20.3. The Kier molecular flexibility index (Phi) is 7.92. The maximum absolute atomic E-state index is 11.6. The minimum absolute atomic E-state index is 0.0330. The molecule has 1 fully saturated rings. The molecule has 5 atom stereocenters. The van der Waals surface area contributed by atoms with Crippen molar-refractivity contribution in [2.75, 3.05) is 13.7 Å². The smallest absolute Gasteiger partial charge is 0.402 e. The molecule has 2 aromatic carbocycles. The van der Waals surface area contributed by atoms with Gasteiger partial charge in [0.05, 0.1) is 18.7 Å². The summed E-state index contributed by atoms with van der Waals surface area (Å²) in [5.74, 6) is -3.51. The molecule has 14 nitrogen and oxygen atoms in total. The van der Waals surface area contributed by atoms with E-state index in [0.717, 1.165) is 6.07 Å². The molecule has 3 aromatic rings. The number of aliphatic hydroxyl groups is 3. The van der Waals surface area contributed by atoms with Crippen LogP contribution in [0.25, 0.3) is 22.3 Å². The predicted molar refractivity (Wildman–Crippen MR) is 128 cm³/mol. The van der Waals surface area contributed by atoms with Crippen molar-refractivity contribution in [3.8, 4) is 40.1 Å². The Balaban J connectivity index is 1.71. The number of benzene rings is 2. The minimum atomic E-state index is -1.83. The number of aromatic hydroxyl groups is 3. The number of aliphatic carboxylic acids is 1. The highest BCUT2D eigenvalue weighted by molar-refractivity contribution is 5.90. The second kappa shape index (κ2) is 11.2. The molecule has 1 aliphatic heterocycles. The van der Waals surface area contributed by atoms with Gasteiger partial charge in [-0.1, -0.05) is 0 Å².